The molecule has 0 fully saturated rings. The number of hydrogen-bond donors (Lipinski definition) is 1. The quantitative estimate of drug-likeness (QED) is 0.368. The van der Waals surface area contributed by atoms with Gasteiger partial charge in [-0.2, -0.15) is 0 Å². The molecule has 126 valence electrons. The lowest BCUT2D eigenvalue weighted by Gasteiger charge is -2.40. The number of carbonyl (C=O) groups is 1. The van der Waals surface area contributed by atoms with Gasteiger partial charge >= 0.3 is 5.97 Å². The maximum atomic E-state index is 11.6. The molecule has 0 saturated carbocycles. The van der Waals surface area contributed by atoms with Crippen molar-refractivity contribution in [2.75, 3.05) is 19.6 Å². The van der Waals surface area contributed by atoms with Crippen molar-refractivity contribution in [2.24, 2.45) is 0 Å². The van der Waals surface area contributed by atoms with Gasteiger partial charge < -0.3 is 9.59 Å². The summed E-state index contributed by atoms with van der Waals surface area (Å²) in [7, 11) is 0. The van der Waals surface area contributed by atoms with E-state index in [1.54, 1.807) is 0 Å². The summed E-state index contributed by atoms with van der Waals surface area (Å²) in [6, 6.07) is -0.218. The maximum absolute atomic E-state index is 11.6. The predicted octanol–water partition coefficient (Wildman–Crippen LogP) is 4.85. The van der Waals surface area contributed by atoms with Crippen LogP contribution >= 0.6 is 0 Å². The van der Waals surface area contributed by atoms with E-state index in [9.17, 15) is 9.90 Å². The number of quaternary nitrogens is 1. The fraction of sp³-hybridized carbons (Fsp3) is 0.944. The molecule has 0 aromatic heterocycles. The standard InChI is InChI=1S/C18H37NO2/c1-5-9-10-11-12-13-14-15-16-17(18(20)21)19(6-2,7-3)8-4/h17H,5-16H2,1-4H3/p+1. The van der Waals surface area contributed by atoms with E-state index in [0.29, 0.717) is 0 Å². The Morgan fingerprint density at radius 3 is 1.62 bits per heavy atom. The summed E-state index contributed by atoms with van der Waals surface area (Å²) in [5.41, 5.74) is 0. The third-order valence-corrected chi connectivity index (χ3v) is 5.17. The normalized spacial score (nSPS) is 13.3. The Kier molecular flexibility index (Phi) is 11.7. The van der Waals surface area contributed by atoms with E-state index in [1.165, 1.54) is 44.9 Å². The van der Waals surface area contributed by atoms with Gasteiger partial charge in [-0.15, -0.1) is 0 Å². The van der Waals surface area contributed by atoms with Crippen molar-refractivity contribution < 1.29 is 14.4 Å². The number of likely N-dealkylation sites (N-methyl/N-ethyl adjacent to an activating group) is 1. The minimum Gasteiger partial charge on any atom is -0.477 e. The smallest absolute Gasteiger partial charge is 0.362 e. The van der Waals surface area contributed by atoms with Crippen molar-refractivity contribution in [2.45, 2.75) is 91.5 Å². The highest BCUT2D eigenvalue weighted by molar-refractivity contribution is 5.72. The van der Waals surface area contributed by atoms with E-state index >= 15 is 0 Å². The van der Waals surface area contributed by atoms with Crippen molar-refractivity contribution in [3.05, 3.63) is 0 Å². The average Bonchev–Trinajstić information content (AvgIpc) is 2.49. The van der Waals surface area contributed by atoms with Gasteiger partial charge in [0.2, 0.25) is 0 Å². The molecule has 0 aliphatic carbocycles. The Hall–Kier alpha value is -0.570. The third-order valence-electron chi connectivity index (χ3n) is 5.17. The minimum absolute atomic E-state index is 0.218. The molecule has 21 heavy (non-hydrogen) atoms. The zero-order valence-electron chi connectivity index (χ0n) is 14.9. The number of hydrogen-bond acceptors (Lipinski definition) is 1. The molecule has 0 radical (unpaired) electrons. The van der Waals surface area contributed by atoms with Gasteiger partial charge in [0.1, 0.15) is 0 Å². The van der Waals surface area contributed by atoms with Crippen LogP contribution in [-0.4, -0.2) is 41.2 Å². The molecule has 3 heteroatoms. The summed E-state index contributed by atoms with van der Waals surface area (Å²) in [5, 5.41) is 9.59. The Bertz CT molecular complexity index is 254. The van der Waals surface area contributed by atoms with Crippen LogP contribution in [0.5, 0.6) is 0 Å². The predicted molar refractivity (Wildman–Crippen MR) is 90.5 cm³/mol. The number of unbranched alkanes of at least 4 members (excludes halogenated alkanes) is 7. The lowest BCUT2D eigenvalue weighted by Crippen LogP contribution is -2.58. The van der Waals surface area contributed by atoms with E-state index in [-0.39, 0.29) is 6.04 Å². The topological polar surface area (TPSA) is 37.3 Å². The molecule has 3 nitrogen and oxygen atoms in total. The zero-order valence-corrected chi connectivity index (χ0v) is 14.9. The van der Waals surface area contributed by atoms with Crippen molar-refractivity contribution in [1.82, 2.24) is 0 Å². The van der Waals surface area contributed by atoms with Crippen LogP contribution in [0.2, 0.25) is 0 Å². The minimum atomic E-state index is -0.608. The lowest BCUT2D eigenvalue weighted by molar-refractivity contribution is -0.939. The molecular weight excluding hydrogens is 262 g/mol. The average molecular weight is 301 g/mol. The fourth-order valence-corrected chi connectivity index (χ4v) is 3.44. The number of nitrogens with zero attached hydrogens (tertiary/aromatic N) is 1. The molecule has 1 N–H and O–H groups in total. The summed E-state index contributed by atoms with van der Waals surface area (Å²) in [4.78, 5) is 11.6. The molecule has 0 rings (SSSR count). The van der Waals surface area contributed by atoms with Gasteiger partial charge in [0.15, 0.2) is 6.04 Å². The van der Waals surface area contributed by atoms with E-state index < -0.39 is 5.97 Å². The molecule has 0 heterocycles. The Balaban J connectivity index is 4.09. The van der Waals surface area contributed by atoms with Crippen LogP contribution in [0.25, 0.3) is 0 Å². The van der Waals surface area contributed by atoms with Gasteiger partial charge in [-0.25, -0.2) is 4.79 Å². The number of rotatable bonds is 14. The molecule has 0 amide bonds. The summed E-state index contributed by atoms with van der Waals surface area (Å²) >= 11 is 0. The van der Waals surface area contributed by atoms with Crippen LogP contribution in [0.4, 0.5) is 0 Å². The first-order chi connectivity index (χ1) is 10.1. The van der Waals surface area contributed by atoms with E-state index in [2.05, 4.69) is 27.7 Å². The zero-order chi connectivity index (χ0) is 16.1. The van der Waals surface area contributed by atoms with Gasteiger partial charge in [-0.3, -0.25) is 0 Å². The molecule has 0 spiro atoms. The molecule has 1 atom stereocenters. The lowest BCUT2D eigenvalue weighted by atomic mass is 10.0. The van der Waals surface area contributed by atoms with Gasteiger partial charge in [-0.1, -0.05) is 51.9 Å². The van der Waals surface area contributed by atoms with E-state index in [1.807, 2.05) is 0 Å². The number of aliphatic carboxylic acids is 1. The summed E-state index contributed by atoms with van der Waals surface area (Å²) in [6.07, 6.45) is 11.0. The Morgan fingerprint density at radius 2 is 1.24 bits per heavy atom. The highest BCUT2D eigenvalue weighted by Gasteiger charge is 2.37. The summed E-state index contributed by atoms with van der Waals surface area (Å²) in [5.74, 6) is -0.608. The highest BCUT2D eigenvalue weighted by atomic mass is 16.4. The van der Waals surface area contributed by atoms with Crippen LogP contribution in [0.15, 0.2) is 0 Å². The first kappa shape index (κ1) is 20.4. The van der Waals surface area contributed by atoms with Gasteiger partial charge in [0.05, 0.1) is 19.6 Å². The third kappa shape index (κ3) is 7.30. The molecule has 1 unspecified atom stereocenters. The van der Waals surface area contributed by atoms with Crippen molar-refractivity contribution >= 4 is 5.97 Å². The second-order valence-corrected chi connectivity index (χ2v) is 6.28. The van der Waals surface area contributed by atoms with Crippen molar-refractivity contribution in [1.29, 1.82) is 0 Å². The van der Waals surface area contributed by atoms with Crippen molar-refractivity contribution in [3.63, 3.8) is 0 Å². The maximum Gasteiger partial charge on any atom is 0.362 e. The molecule has 0 aromatic carbocycles. The molecule has 0 aliphatic rings. The Morgan fingerprint density at radius 1 is 0.810 bits per heavy atom. The van der Waals surface area contributed by atoms with Crippen LogP contribution < -0.4 is 0 Å². The molecule has 0 saturated heterocycles. The first-order valence-electron chi connectivity index (χ1n) is 9.16. The summed E-state index contributed by atoms with van der Waals surface area (Å²) in [6.45, 7) is 11.4. The van der Waals surface area contributed by atoms with E-state index in [4.69, 9.17) is 0 Å². The Labute approximate surface area is 132 Å². The van der Waals surface area contributed by atoms with Crippen molar-refractivity contribution in [3.8, 4) is 0 Å². The van der Waals surface area contributed by atoms with E-state index in [0.717, 1.165) is 37.0 Å². The fourth-order valence-electron chi connectivity index (χ4n) is 3.44. The van der Waals surface area contributed by atoms with Crippen LogP contribution in [0, 0.1) is 0 Å². The van der Waals surface area contributed by atoms with Gasteiger partial charge in [0, 0.05) is 6.42 Å². The summed E-state index contributed by atoms with van der Waals surface area (Å²) < 4.78 is 0.728. The molecule has 0 bridgehead atoms. The van der Waals surface area contributed by atoms with Crippen LogP contribution in [-0.2, 0) is 4.79 Å². The van der Waals surface area contributed by atoms with Gasteiger partial charge in [0.25, 0.3) is 0 Å². The van der Waals surface area contributed by atoms with Gasteiger partial charge in [-0.05, 0) is 27.2 Å². The highest BCUT2D eigenvalue weighted by Crippen LogP contribution is 2.20. The monoisotopic (exact) mass is 300 g/mol. The number of carboxylic acid groups (broad SMARTS) is 1. The molecular formula is C18H38NO2+. The van der Waals surface area contributed by atoms with Crippen LogP contribution in [0.3, 0.4) is 0 Å². The molecule has 0 aliphatic heterocycles. The van der Waals surface area contributed by atoms with Crippen LogP contribution in [0.1, 0.15) is 85.5 Å². The largest absolute Gasteiger partial charge is 0.477 e. The molecule has 0 aromatic rings. The second kappa shape index (κ2) is 12.0. The first-order valence-corrected chi connectivity index (χ1v) is 9.16. The SMILES string of the molecule is CCCCCCCCCCC(C(=O)O)[N+](CC)(CC)CC. The number of carboxylic acids is 1. The second-order valence-electron chi connectivity index (χ2n) is 6.28.